The highest BCUT2D eigenvalue weighted by Crippen LogP contribution is 1.94. The van der Waals surface area contributed by atoms with Crippen LogP contribution in [-0.4, -0.2) is 7.28 Å². The van der Waals surface area contributed by atoms with Gasteiger partial charge in [0.2, 0.25) is 0 Å². The van der Waals surface area contributed by atoms with Crippen molar-refractivity contribution in [3.05, 3.63) is 59.7 Å². The molecule has 0 N–H and O–H groups in total. The third-order valence-corrected chi connectivity index (χ3v) is 2.45. The van der Waals surface area contributed by atoms with Crippen LogP contribution < -0.4 is 10.9 Å². The third kappa shape index (κ3) is 2.72. The van der Waals surface area contributed by atoms with Crippen molar-refractivity contribution in [3.63, 3.8) is 0 Å². The molecule has 0 saturated heterocycles. The summed E-state index contributed by atoms with van der Waals surface area (Å²) in [6.07, 6.45) is 0. The summed E-state index contributed by atoms with van der Waals surface area (Å²) in [5, 5.41) is 0. The Morgan fingerprint density at radius 3 is 2.13 bits per heavy atom. The lowest BCUT2D eigenvalue weighted by Crippen LogP contribution is -2.26. The fourth-order valence-corrected chi connectivity index (χ4v) is 1.62. The molecule has 0 heterocycles. The molecule has 0 fully saturated rings. The van der Waals surface area contributed by atoms with Crippen molar-refractivity contribution in [1.82, 2.24) is 0 Å². The van der Waals surface area contributed by atoms with Crippen LogP contribution in [0.4, 0.5) is 0 Å². The van der Waals surface area contributed by atoms with Crippen LogP contribution in [0.1, 0.15) is 11.1 Å². The molecule has 0 amide bonds. The first-order valence-electron chi connectivity index (χ1n) is 5.22. The molecule has 0 aliphatic rings. The van der Waals surface area contributed by atoms with E-state index in [9.17, 15) is 0 Å². The molecule has 0 atom stereocenters. The fraction of sp³-hybridized carbons (Fsp3) is 0.143. The molecule has 15 heavy (non-hydrogen) atoms. The maximum atomic E-state index is 2.20. The normalized spacial score (nSPS) is 10.0. The smallest absolute Gasteiger partial charge is 0.0814 e. The fourth-order valence-electron chi connectivity index (χ4n) is 1.62. The van der Waals surface area contributed by atoms with Gasteiger partial charge in [-0.3, -0.25) is 0 Å². The maximum Gasteiger partial charge on any atom is 0.191 e. The lowest BCUT2D eigenvalue weighted by atomic mass is 9.64. The van der Waals surface area contributed by atoms with Crippen molar-refractivity contribution in [2.45, 2.75) is 13.8 Å². The van der Waals surface area contributed by atoms with E-state index in [1.165, 1.54) is 22.1 Å². The van der Waals surface area contributed by atoms with Gasteiger partial charge in [-0.2, -0.15) is 0 Å². The van der Waals surface area contributed by atoms with E-state index in [2.05, 4.69) is 69.7 Å². The van der Waals surface area contributed by atoms with Gasteiger partial charge in [0.25, 0.3) is 0 Å². The lowest BCUT2D eigenvalue weighted by Gasteiger charge is -2.02. The standard InChI is InChI=1S/C14H14B/c1-11-6-8-13(9-7-11)15-14-5-3-4-12(2)10-14/h3-10H,1-2H3. The lowest BCUT2D eigenvalue weighted by molar-refractivity contribution is 1.48. The first kappa shape index (κ1) is 10.0. The number of benzene rings is 2. The Morgan fingerprint density at radius 2 is 1.47 bits per heavy atom. The minimum absolute atomic E-state index is 1.26. The second-order valence-corrected chi connectivity index (χ2v) is 3.97. The van der Waals surface area contributed by atoms with Crippen molar-refractivity contribution in [3.8, 4) is 0 Å². The van der Waals surface area contributed by atoms with Crippen LogP contribution in [0.5, 0.6) is 0 Å². The molecule has 73 valence electrons. The van der Waals surface area contributed by atoms with Crippen LogP contribution in [0.3, 0.4) is 0 Å². The first-order chi connectivity index (χ1) is 7.24. The molecule has 2 aromatic carbocycles. The molecule has 0 aliphatic carbocycles. The maximum absolute atomic E-state index is 2.20. The second kappa shape index (κ2) is 4.35. The molecule has 0 aliphatic heterocycles. The van der Waals surface area contributed by atoms with Crippen molar-refractivity contribution in [2.24, 2.45) is 0 Å². The summed E-state index contributed by atoms with van der Waals surface area (Å²) < 4.78 is 0. The summed E-state index contributed by atoms with van der Waals surface area (Å²) in [6.45, 7) is 4.23. The van der Waals surface area contributed by atoms with Crippen molar-refractivity contribution in [2.75, 3.05) is 0 Å². The Labute approximate surface area is 92.2 Å². The number of hydrogen-bond donors (Lipinski definition) is 0. The molecular formula is C14H14B. The highest BCUT2D eigenvalue weighted by atomic mass is 13.9. The second-order valence-electron chi connectivity index (χ2n) is 3.97. The van der Waals surface area contributed by atoms with E-state index in [1.807, 2.05) is 0 Å². The van der Waals surface area contributed by atoms with E-state index in [0.717, 1.165) is 0 Å². The summed E-state index contributed by atoms with van der Waals surface area (Å²) in [4.78, 5) is 0. The van der Waals surface area contributed by atoms with Crippen LogP contribution in [0.25, 0.3) is 0 Å². The van der Waals surface area contributed by atoms with E-state index >= 15 is 0 Å². The van der Waals surface area contributed by atoms with E-state index < -0.39 is 0 Å². The van der Waals surface area contributed by atoms with E-state index in [4.69, 9.17) is 0 Å². The Hall–Kier alpha value is -1.50. The third-order valence-electron chi connectivity index (χ3n) is 2.45. The molecule has 1 heteroatoms. The van der Waals surface area contributed by atoms with Crippen molar-refractivity contribution >= 4 is 18.2 Å². The van der Waals surface area contributed by atoms with Gasteiger partial charge in [-0.15, -0.1) is 0 Å². The summed E-state index contributed by atoms with van der Waals surface area (Å²) in [6, 6.07) is 17.1. The van der Waals surface area contributed by atoms with Gasteiger partial charge >= 0.3 is 0 Å². The van der Waals surface area contributed by atoms with Gasteiger partial charge in [-0.1, -0.05) is 70.6 Å². The summed E-state index contributed by atoms with van der Waals surface area (Å²) in [7, 11) is 2.20. The van der Waals surface area contributed by atoms with Gasteiger partial charge in [0, 0.05) is 0 Å². The Balaban J connectivity index is 2.18. The minimum atomic E-state index is 1.26. The largest absolute Gasteiger partial charge is 0.191 e. The van der Waals surface area contributed by atoms with Gasteiger partial charge < -0.3 is 0 Å². The highest BCUT2D eigenvalue weighted by Gasteiger charge is 1.98. The van der Waals surface area contributed by atoms with E-state index in [1.54, 1.807) is 0 Å². The van der Waals surface area contributed by atoms with Crippen LogP contribution in [0.2, 0.25) is 0 Å². The zero-order valence-corrected chi connectivity index (χ0v) is 9.20. The molecule has 0 unspecified atom stereocenters. The molecule has 0 aromatic heterocycles. The highest BCUT2D eigenvalue weighted by molar-refractivity contribution is 6.67. The summed E-state index contributed by atoms with van der Waals surface area (Å²) in [5.41, 5.74) is 5.12. The van der Waals surface area contributed by atoms with Gasteiger partial charge in [0.05, 0.1) is 0 Å². The number of hydrogen-bond acceptors (Lipinski definition) is 0. The van der Waals surface area contributed by atoms with Crippen LogP contribution in [0, 0.1) is 13.8 Å². The van der Waals surface area contributed by atoms with Crippen LogP contribution in [0.15, 0.2) is 48.5 Å². The summed E-state index contributed by atoms with van der Waals surface area (Å²) in [5.74, 6) is 0. The number of aryl methyl sites for hydroxylation is 2. The van der Waals surface area contributed by atoms with Crippen molar-refractivity contribution in [1.29, 1.82) is 0 Å². The monoisotopic (exact) mass is 193 g/mol. The zero-order valence-electron chi connectivity index (χ0n) is 9.20. The average Bonchev–Trinajstić information content (AvgIpc) is 2.22. The first-order valence-corrected chi connectivity index (χ1v) is 5.22. The Kier molecular flexibility index (Phi) is 2.91. The van der Waals surface area contributed by atoms with Gasteiger partial charge in [0.1, 0.15) is 0 Å². The molecule has 0 bridgehead atoms. The molecule has 0 nitrogen and oxygen atoms in total. The predicted molar refractivity (Wildman–Crippen MR) is 67.4 cm³/mol. The minimum Gasteiger partial charge on any atom is -0.0814 e. The summed E-state index contributed by atoms with van der Waals surface area (Å²) >= 11 is 0. The molecule has 1 radical (unpaired) electrons. The quantitative estimate of drug-likeness (QED) is 0.639. The van der Waals surface area contributed by atoms with Gasteiger partial charge in [-0.05, 0) is 13.8 Å². The Bertz CT molecular complexity index is 443. The number of rotatable bonds is 2. The average molecular weight is 193 g/mol. The zero-order chi connectivity index (χ0) is 10.7. The molecular weight excluding hydrogens is 179 g/mol. The predicted octanol–water partition coefficient (Wildman–Crippen LogP) is 1.96. The van der Waals surface area contributed by atoms with Gasteiger partial charge in [-0.25, -0.2) is 0 Å². The Morgan fingerprint density at radius 1 is 0.733 bits per heavy atom. The molecule has 0 spiro atoms. The molecule has 0 saturated carbocycles. The molecule has 2 rings (SSSR count). The topological polar surface area (TPSA) is 0 Å². The van der Waals surface area contributed by atoms with Crippen LogP contribution >= 0.6 is 0 Å². The van der Waals surface area contributed by atoms with Crippen LogP contribution in [-0.2, 0) is 0 Å². The van der Waals surface area contributed by atoms with Gasteiger partial charge in [0.15, 0.2) is 7.28 Å². The van der Waals surface area contributed by atoms with E-state index in [-0.39, 0.29) is 0 Å². The van der Waals surface area contributed by atoms with Crippen molar-refractivity contribution < 1.29 is 0 Å². The molecule has 2 aromatic rings. The SMILES string of the molecule is Cc1ccc([B]c2cccc(C)c2)cc1. The van der Waals surface area contributed by atoms with E-state index in [0.29, 0.717) is 0 Å².